The number of benzene rings is 2. The molecule has 36 heavy (non-hydrogen) atoms. The van der Waals surface area contributed by atoms with Crippen molar-refractivity contribution in [3.8, 4) is 11.4 Å². The molecule has 1 saturated heterocycles. The average molecular weight is 488 g/mol. The number of ether oxygens (including phenoxy) is 1. The highest BCUT2D eigenvalue weighted by Gasteiger charge is 2.40. The Kier molecular flexibility index (Phi) is 6.59. The predicted octanol–water partition coefficient (Wildman–Crippen LogP) is 4.77. The van der Waals surface area contributed by atoms with Gasteiger partial charge in [-0.3, -0.25) is 9.69 Å². The Bertz CT molecular complexity index is 1330. The van der Waals surface area contributed by atoms with Crippen LogP contribution in [0.2, 0.25) is 0 Å². The number of halogens is 1. The fourth-order valence-corrected chi connectivity index (χ4v) is 4.76. The van der Waals surface area contributed by atoms with Crippen LogP contribution in [0, 0.1) is 12.7 Å². The van der Waals surface area contributed by atoms with Crippen LogP contribution in [0.4, 0.5) is 4.39 Å². The van der Waals surface area contributed by atoms with Gasteiger partial charge in [0.25, 0.3) is 5.91 Å². The number of rotatable bonds is 7. The number of carbonyl (C=O) groups excluding carboxylic acids is 1. The summed E-state index contributed by atoms with van der Waals surface area (Å²) in [6.45, 7) is 6.16. The number of aryl methyl sites for hydroxylation is 1. The van der Waals surface area contributed by atoms with Gasteiger partial charge in [-0.1, -0.05) is 31.5 Å². The van der Waals surface area contributed by atoms with E-state index in [0.29, 0.717) is 24.0 Å². The third-order valence-electron chi connectivity index (χ3n) is 6.67. The molecule has 2 aromatic carbocycles. The Morgan fingerprint density at radius 1 is 1.17 bits per heavy atom. The molecule has 1 aromatic heterocycles. The largest absolute Gasteiger partial charge is 0.495 e. The van der Waals surface area contributed by atoms with Crippen molar-refractivity contribution in [1.29, 1.82) is 0 Å². The average Bonchev–Trinajstić information content (AvgIpc) is 3.46. The first-order chi connectivity index (χ1) is 17.5. The van der Waals surface area contributed by atoms with Crippen molar-refractivity contribution in [3.05, 3.63) is 83.3 Å². The highest BCUT2D eigenvalue weighted by molar-refractivity contribution is 6.14. The molecule has 0 spiro atoms. The lowest BCUT2D eigenvalue weighted by Gasteiger charge is -2.39. The van der Waals surface area contributed by atoms with Gasteiger partial charge in [-0.2, -0.15) is 0 Å². The van der Waals surface area contributed by atoms with Gasteiger partial charge in [-0.25, -0.2) is 14.4 Å². The molecule has 0 bridgehead atoms. The van der Waals surface area contributed by atoms with E-state index >= 15 is 0 Å². The first kappa shape index (κ1) is 23.8. The Morgan fingerprint density at radius 3 is 2.67 bits per heavy atom. The lowest BCUT2D eigenvalue weighted by atomic mass is 9.96. The fourth-order valence-electron chi connectivity index (χ4n) is 4.76. The van der Waals surface area contributed by atoms with Gasteiger partial charge in [0.05, 0.1) is 24.8 Å². The number of nitrogens with zero attached hydrogens (tertiary/aromatic N) is 5. The summed E-state index contributed by atoms with van der Waals surface area (Å²) in [5.41, 5.74) is 4.04. The van der Waals surface area contributed by atoms with Gasteiger partial charge in [-0.05, 0) is 54.8 Å². The predicted molar refractivity (Wildman–Crippen MR) is 138 cm³/mol. The standard InChI is InChI=1S/C28H30FN5O2/c1-4-5-12-32-16-22(21-7-9-23(29)10-8-21)17-34-27(35)24(31-28(32)34)13-20-6-11-25(26(14-20)36-3)33-15-19(2)30-18-33/h6-11,13-15,18,22H,4-5,12,16-17H2,1-3H3/b24-13-. The summed E-state index contributed by atoms with van der Waals surface area (Å²) >= 11 is 0. The molecule has 0 saturated carbocycles. The lowest BCUT2D eigenvalue weighted by Crippen LogP contribution is -2.53. The number of aliphatic imine (C=N–C) groups is 1. The summed E-state index contributed by atoms with van der Waals surface area (Å²) in [6.07, 6.45) is 7.54. The van der Waals surface area contributed by atoms with Crippen LogP contribution in [0.15, 0.2) is 65.7 Å². The second-order valence-corrected chi connectivity index (χ2v) is 9.26. The second-order valence-electron chi connectivity index (χ2n) is 9.26. The van der Waals surface area contributed by atoms with Crippen LogP contribution in [0.5, 0.6) is 5.75 Å². The third kappa shape index (κ3) is 4.63. The molecule has 1 unspecified atom stereocenters. The van der Waals surface area contributed by atoms with Gasteiger partial charge in [0.15, 0.2) is 0 Å². The highest BCUT2D eigenvalue weighted by atomic mass is 19.1. The first-order valence-corrected chi connectivity index (χ1v) is 12.3. The molecule has 3 heterocycles. The van der Waals surface area contributed by atoms with E-state index in [1.807, 2.05) is 54.1 Å². The highest BCUT2D eigenvalue weighted by Crippen LogP contribution is 2.32. The van der Waals surface area contributed by atoms with Crippen molar-refractivity contribution in [1.82, 2.24) is 19.4 Å². The van der Waals surface area contributed by atoms with Crippen LogP contribution < -0.4 is 4.74 Å². The Hall–Kier alpha value is -3.94. The molecule has 3 aromatic rings. The number of hydrogen-bond acceptors (Lipinski definition) is 5. The molecule has 1 fully saturated rings. The molecule has 2 aliphatic rings. The number of fused-ring (bicyclic) bond motifs is 1. The number of guanidine groups is 1. The minimum atomic E-state index is -0.258. The summed E-state index contributed by atoms with van der Waals surface area (Å²) in [4.78, 5) is 26.5. The number of aromatic nitrogens is 2. The topological polar surface area (TPSA) is 63.0 Å². The van der Waals surface area contributed by atoms with Crippen LogP contribution in [-0.4, -0.2) is 58.0 Å². The second kappa shape index (κ2) is 9.97. The van der Waals surface area contributed by atoms with E-state index in [9.17, 15) is 9.18 Å². The van der Waals surface area contributed by atoms with Crippen LogP contribution in [-0.2, 0) is 4.79 Å². The van der Waals surface area contributed by atoms with E-state index in [0.717, 1.165) is 48.4 Å². The van der Waals surface area contributed by atoms with Gasteiger partial charge >= 0.3 is 0 Å². The molecule has 1 atom stereocenters. The number of carbonyl (C=O) groups is 1. The number of amides is 1. The molecule has 0 radical (unpaired) electrons. The van der Waals surface area contributed by atoms with E-state index in [1.165, 1.54) is 12.1 Å². The Morgan fingerprint density at radius 2 is 1.97 bits per heavy atom. The number of imidazole rings is 1. The summed E-state index contributed by atoms with van der Waals surface area (Å²) < 4.78 is 21.0. The van der Waals surface area contributed by atoms with Crippen LogP contribution in [0.25, 0.3) is 11.8 Å². The maximum atomic E-state index is 13.5. The third-order valence-corrected chi connectivity index (χ3v) is 6.67. The molecular formula is C28H30FN5O2. The molecule has 5 rings (SSSR count). The summed E-state index contributed by atoms with van der Waals surface area (Å²) in [5.74, 6) is 1.09. The molecule has 1 amide bonds. The van der Waals surface area contributed by atoms with E-state index in [1.54, 1.807) is 18.3 Å². The quantitative estimate of drug-likeness (QED) is 0.451. The number of methoxy groups -OCH3 is 1. The van der Waals surface area contributed by atoms with E-state index in [2.05, 4.69) is 16.8 Å². The van der Waals surface area contributed by atoms with Crippen molar-refractivity contribution in [2.75, 3.05) is 26.7 Å². The summed E-state index contributed by atoms with van der Waals surface area (Å²) in [7, 11) is 1.63. The lowest BCUT2D eigenvalue weighted by molar-refractivity contribution is -0.123. The van der Waals surface area contributed by atoms with Crippen LogP contribution in [0.1, 0.15) is 42.5 Å². The molecule has 0 N–H and O–H groups in total. The zero-order valence-electron chi connectivity index (χ0n) is 20.8. The molecule has 8 heteroatoms. The molecule has 186 valence electrons. The fraction of sp³-hybridized carbons (Fsp3) is 0.321. The molecule has 2 aliphatic heterocycles. The van der Waals surface area contributed by atoms with Gasteiger partial charge in [-0.15, -0.1) is 0 Å². The van der Waals surface area contributed by atoms with Crippen molar-refractivity contribution in [2.45, 2.75) is 32.6 Å². The zero-order valence-corrected chi connectivity index (χ0v) is 20.8. The minimum Gasteiger partial charge on any atom is -0.495 e. The SMILES string of the molecule is CCCCN1CC(c2ccc(F)cc2)CN2C(=O)/C(=C/c3ccc(-n4cnc(C)c4)c(OC)c3)N=C12. The number of unbranched alkanes of at least 4 members (excludes halogenated alkanes) is 1. The zero-order chi connectivity index (χ0) is 25.2. The van der Waals surface area contributed by atoms with Crippen molar-refractivity contribution in [3.63, 3.8) is 0 Å². The smallest absolute Gasteiger partial charge is 0.279 e. The van der Waals surface area contributed by atoms with Crippen LogP contribution in [0.3, 0.4) is 0 Å². The van der Waals surface area contributed by atoms with Crippen molar-refractivity contribution in [2.24, 2.45) is 4.99 Å². The molecule has 0 aliphatic carbocycles. The van der Waals surface area contributed by atoms with Crippen molar-refractivity contribution < 1.29 is 13.9 Å². The maximum absolute atomic E-state index is 13.5. The van der Waals surface area contributed by atoms with Gasteiger partial charge < -0.3 is 14.2 Å². The Labute approximate surface area is 210 Å². The maximum Gasteiger partial charge on any atom is 0.279 e. The van der Waals surface area contributed by atoms with Crippen LogP contribution >= 0.6 is 0 Å². The summed E-state index contributed by atoms with van der Waals surface area (Å²) in [5, 5.41) is 0. The van der Waals surface area contributed by atoms with E-state index in [-0.39, 0.29) is 17.6 Å². The van der Waals surface area contributed by atoms with Gasteiger partial charge in [0, 0.05) is 31.7 Å². The Balaban J connectivity index is 1.44. The van der Waals surface area contributed by atoms with Crippen molar-refractivity contribution >= 4 is 17.9 Å². The van der Waals surface area contributed by atoms with E-state index in [4.69, 9.17) is 9.73 Å². The monoisotopic (exact) mass is 487 g/mol. The minimum absolute atomic E-state index is 0.0859. The molecule has 7 nitrogen and oxygen atoms in total. The normalized spacial score (nSPS) is 18.6. The molecular weight excluding hydrogens is 457 g/mol. The van der Waals surface area contributed by atoms with E-state index < -0.39 is 0 Å². The summed E-state index contributed by atoms with van der Waals surface area (Å²) in [6, 6.07) is 12.4. The number of hydrogen-bond donors (Lipinski definition) is 0. The van der Waals surface area contributed by atoms with Gasteiger partial charge in [0.2, 0.25) is 5.96 Å². The van der Waals surface area contributed by atoms with Gasteiger partial charge in [0.1, 0.15) is 17.3 Å². The first-order valence-electron chi connectivity index (χ1n) is 12.3.